The Morgan fingerprint density at radius 2 is 1.82 bits per heavy atom. The van der Waals surface area contributed by atoms with Crippen LogP contribution in [0.1, 0.15) is 58.8 Å². The molecule has 1 saturated heterocycles. The van der Waals surface area contributed by atoms with Crippen LogP contribution in [0.5, 0.6) is 0 Å². The summed E-state index contributed by atoms with van der Waals surface area (Å²) in [6.07, 6.45) is 8.83. The van der Waals surface area contributed by atoms with Crippen molar-refractivity contribution in [2.45, 2.75) is 77.9 Å². The number of carbonyl (C=O) groups is 1. The number of hydrogen-bond acceptors (Lipinski definition) is 6. The van der Waals surface area contributed by atoms with Crippen molar-refractivity contribution >= 4 is 22.9 Å². The first-order valence-electron chi connectivity index (χ1n) is 12.1. The van der Waals surface area contributed by atoms with Crippen LogP contribution in [0.15, 0.2) is 21.2 Å². The molecule has 9 nitrogen and oxygen atoms in total. The summed E-state index contributed by atoms with van der Waals surface area (Å²) in [6.45, 7) is 5.75. The average molecular weight is 457 g/mol. The van der Waals surface area contributed by atoms with Crippen molar-refractivity contribution in [3.05, 3.63) is 32.5 Å². The van der Waals surface area contributed by atoms with E-state index in [9.17, 15) is 14.4 Å². The first-order chi connectivity index (χ1) is 15.8. The summed E-state index contributed by atoms with van der Waals surface area (Å²) in [5.74, 6) is 0.569. The number of rotatable bonds is 6. The minimum atomic E-state index is -0.495. The lowest BCUT2D eigenvalue weighted by Crippen LogP contribution is -2.44. The number of nitrogens with two attached hydrogens (primary N) is 1. The van der Waals surface area contributed by atoms with Gasteiger partial charge in [-0.3, -0.25) is 18.7 Å². The maximum Gasteiger partial charge on any atom is 0.332 e. The molecule has 0 spiro atoms. The minimum Gasteiger partial charge on any atom is -0.341 e. The standard InChI is InChI=1S/C24H36N6O3/c1-16(2)11-13-29-20-21(26-23(29)28-12-7-10-18(25)14-28)27(3)24(33)30(22(20)32)15-19(31)17-8-5-4-6-9-17/h11,17-18H,4-10,12-15,25H2,1-3H3. The molecule has 0 aromatic carbocycles. The van der Waals surface area contributed by atoms with Gasteiger partial charge in [-0.1, -0.05) is 30.9 Å². The fraction of sp³-hybridized carbons (Fsp3) is 0.667. The molecule has 9 heteroatoms. The number of piperidine rings is 1. The third-order valence-corrected chi connectivity index (χ3v) is 7.01. The number of hydrogen-bond donors (Lipinski definition) is 1. The van der Waals surface area contributed by atoms with Crippen molar-refractivity contribution < 1.29 is 4.79 Å². The molecule has 0 radical (unpaired) electrons. The number of allylic oxidation sites excluding steroid dienone is 2. The Bertz CT molecular complexity index is 1180. The third kappa shape index (κ3) is 4.69. The first kappa shape index (κ1) is 23.5. The minimum absolute atomic E-state index is 0.0224. The summed E-state index contributed by atoms with van der Waals surface area (Å²) in [7, 11) is 1.62. The molecule has 2 N–H and O–H groups in total. The van der Waals surface area contributed by atoms with Gasteiger partial charge >= 0.3 is 5.69 Å². The number of ketones is 1. The average Bonchev–Trinajstić information content (AvgIpc) is 3.19. The molecule has 2 fully saturated rings. The van der Waals surface area contributed by atoms with E-state index in [0.29, 0.717) is 30.2 Å². The predicted molar refractivity (Wildman–Crippen MR) is 130 cm³/mol. The highest BCUT2D eigenvalue weighted by Gasteiger charge is 2.28. The number of carbonyl (C=O) groups excluding carboxylic acids is 1. The van der Waals surface area contributed by atoms with Gasteiger partial charge in [0.05, 0.1) is 6.54 Å². The van der Waals surface area contributed by atoms with Gasteiger partial charge in [0, 0.05) is 38.6 Å². The Morgan fingerprint density at radius 1 is 1.09 bits per heavy atom. The van der Waals surface area contributed by atoms with Gasteiger partial charge in [0.2, 0.25) is 5.95 Å². The molecular formula is C24H36N6O3. The van der Waals surface area contributed by atoms with E-state index in [0.717, 1.165) is 61.6 Å². The van der Waals surface area contributed by atoms with Crippen molar-refractivity contribution in [3.63, 3.8) is 0 Å². The quantitative estimate of drug-likeness (QED) is 0.666. The van der Waals surface area contributed by atoms with E-state index < -0.39 is 11.2 Å². The molecule has 1 unspecified atom stereocenters. The maximum absolute atomic E-state index is 13.6. The molecule has 2 aromatic rings. The summed E-state index contributed by atoms with van der Waals surface area (Å²) in [4.78, 5) is 46.5. The molecule has 1 aliphatic carbocycles. The summed E-state index contributed by atoms with van der Waals surface area (Å²) in [5, 5.41) is 0. The number of anilines is 1. The second-order valence-corrected chi connectivity index (χ2v) is 9.86. The van der Waals surface area contributed by atoms with E-state index in [4.69, 9.17) is 10.7 Å². The van der Waals surface area contributed by atoms with Crippen molar-refractivity contribution in [3.8, 4) is 0 Å². The zero-order valence-electron chi connectivity index (χ0n) is 20.0. The summed E-state index contributed by atoms with van der Waals surface area (Å²) >= 11 is 0. The lowest BCUT2D eigenvalue weighted by molar-refractivity contribution is -0.124. The van der Waals surface area contributed by atoms with Crippen LogP contribution in [0, 0.1) is 5.92 Å². The molecule has 1 atom stereocenters. The van der Waals surface area contributed by atoms with E-state index in [2.05, 4.69) is 4.90 Å². The van der Waals surface area contributed by atoms with Gasteiger partial charge < -0.3 is 15.2 Å². The van der Waals surface area contributed by atoms with Crippen LogP contribution in [0.25, 0.3) is 11.2 Å². The van der Waals surface area contributed by atoms with Crippen LogP contribution in [-0.4, -0.2) is 43.6 Å². The van der Waals surface area contributed by atoms with Gasteiger partial charge in [0.1, 0.15) is 0 Å². The van der Waals surface area contributed by atoms with E-state index >= 15 is 0 Å². The van der Waals surface area contributed by atoms with Crippen LogP contribution in [0.2, 0.25) is 0 Å². The molecule has 0 amide bonds. The monoisotopic (exact) mass is 456 g/mol. The molecule has 0 bridgehead atoms. The van der Waals surface area contributed by atoms with Crippen molar-refractivity contribution in [1.29, 1.82) is 0 Å². The van der Waals surface area contributed by atoms with E-state index in [-0.39, 0.29) is 24.3 Å². The van der Waals surface area contributed by atoms with E-state index in [1.165, 1.54) is 4.57 Å². The molecule has 2 aliphatic rings. The van der Waals surface area contributed by atoms with Gasteiger partial charge in [-0.05, 0) is 39.5 Å². The highest BCUT2D eigenvalue weighted by atomic mass is 16.2. The predicted octanol–water partition coefficient (Wildman–Crippen LogP) is 1.94. The third-order valence-electron chi connectivity index (χ3n) is 7.01. The van der Waals surface area contributed by atoms with Crippen LogP contribution in [-0.2, 0) is 24.9 Å². The largest absolute Gasteiger partial charge is 0.341 e. The number of aryl methyl sites for hydroxylation is 1. The second-order valence-electron chi connectivity index (χ2n) is 9.86. The van der Waals surface area contributed by atoms with Crippen molar-refractivity contribution in [1.82, 2.24) is 18.7 Å². The molecule has 180 valence electrons. The van der Waals surface area contributed by atoms with Gasteiger partial charge in [0.25, 0.3) is 5.56 Å². The van der Waals surface area contributed by atoms with Crippen LogP contribution in [0.4, 0.5) is 5.95 Å². The van der Waals surface area contributed by atoms with Gasteiger partial charge in [-0.15, -0.1) is 0 Å². The number of nitrogens with zero attached hydrogens (tertiary/aromatic N) is 5. The first-order valence-corrected chi connectivity index (χ1v) is 12.1. The Labute approximate surface area is 193 Å². The maximum atomic E-state index is 13.6. The van der Waals surface area contributed by atoms with Crippen LogP contribution in [0.3, 0.4) is 0 Å². The van der Waals surface area contributed by atoms with Gasteiger partial charge in [0.15, 0.2) is 16.9 Å². The molecule has 2 aromatic heterocycles. The number of imidazole rings is 1. The van der Waals surface area contributed by atoms with Gasteiger partial charge in [-0.25, -0.2) is 4.79 Å². The molecular weight excluding hydrogens is 420 g/mol. The zero-order valence-corrected chi connectivity index (χ0v) is 20.0. The highest BCUT2D eigenvalue weighted by molar-refractivity contribution is 5.81. The number of Topliss-reactive ketones (excluding diaryl/α,β-unsaturated/α-hetero) is 1. The smallest absolute Gasteiger partial charge is 0.332 e. The zero-order chi connectivity index (χ0) is 23.7. The second kappa shape index (κ2) is 9.67. The van der Waals surface area contributed by atoms with Gasteiger partial charge in [-0.2, -0.15) is 4.98 Å². The Hall–Kier alpha value is -2.68. The Morgan fingerprint density at radius 3 is 2.48 bits per heavy atom. The normalized spacial score (nSPS) is 19.8. The molecule has 4 rings (SSSR count). The number of fused-ring (bicyclic) bond motifs is 1. The summed E-state index contributed by atoms with van der Waals surface area (Å²) in [6, 6.07) is 0.0454. The SMILES string of the molecule is CC(C)=CCn1c(N2CCCC(N)C2)nc2c1c(=O)n(CC(=O)C1CCCCC1)c(=O)n2C. The number of aromatic nitrogens is 4. The fourth-order valence-corrected chi connectivity index (χ4v) is 5.09. The fourth-order valence-electron chi connectivity index (χ4n) is 5.09. The topological polar surface area (TPSA) is 108 Å². The molecule has 33 heavy (non-hydrogen) atoms. The Balaban J connectivity index is 1.83. The lowest BCUT2D eigenvalue weighted by Gasteiger charge is -2.31. The molecule has 1 aliphatic heterocycles. The molecule has 1 saturated carbocycles. The summed E-state index contributed by atoms with van der Waals surface area (Å²) < 4.78 is 4.38. The van der Waals surface area contributed by atoms with Crippen LogP contribution >= 0.6 is 0 Å². The lowest BCUT2D eigenvalue weighted by atomic mass is 9.86. The molecule has 3 heterocycles. The van der Waals surface area contributed by atoms with Crippen molar-refractivity contribution in [2.75, 3.05) is 18.0 Å². The summed E-state index contributed by atoms with van der Waals surface area (Å²) in [5.41, 5.74) is 7.11. The van der Waals surface area contributed by atoms with E-state index in [1.807, 2.05) is 24.5 Å². The Kier molecular flexibility index (Phi) is 6.88. The highest BCUT2D eigenvalue weighted by Crippen LogP contribution is 2.25. The van der Waals surface area contributed by atoms with Crippen molar-refractivity contribution in [2.24, 2.45) is 18.7 Å². The van der Waals surface area contributed by atoms with E-state index in [1.54, 1.807) is 7.05 Å². The van der Waals surface area contributed by atoms with Crippen LogP contribution < -0.4 is 21.9 Å².